The van der Waals surface area contributed by atoms with Gasteiger partial charge in [-0.2, -0.15) is 0 Å². The highest BCUT2D eigenvalue weighted by Crippen LogP contribution is 2.32. The van der Waals surface area contributed by atoms with Gasteiger partial charge in [0.25, 0.3) is 0 Å². The third-order valence-corrected chi connectivity index (χ3v) is 2.85. The van der Waals surface area contributed by atoms with Gasteiger partial charge in [-0.15, -0.1) is 0 Å². The van der Waals surface area contributed by atoms with Crippen molar-refractivity contribution >= 4 is 5.97 Å². The molecule has 3 nitrogen and oxygen atoms in total. The fourth-order valence-electron chi connectivity index (χ4n) is 1.97. The zero-order valence-electron chi connectivity index (χ0n) is 8.16. The number of hydrogen-bond donors (Lipinski definition) is 2. The molecule has 0 atom stereocenters. The van der Waals surface area contributed by atoms with Crippen LogP contribution >= 0.6 is 0 Å². The highest BCUT2D eigenvalue weighted by molar-refractivity contribution is 5.69. The van der Waals surface area contributed by atoms with E-state index < -0.39 is 11.4 Å². The lowest BCUT2D eigenvalue weighted by Crippen LogP contribution is -2.57. The molecule has 1 aromatic rings. The van der Waals surface area contributed by atoms with E-state index in [2.05, 4.69) is 5.32 Å². The Labute approximate surface area is 86.9 Å². The van der Waals surface area contributed by atoms with Crippen molar-refractivity contribution in [2.75, 3.05) is 13.1 Å². The van der Waals surface area contributed by atoms with Gasteiger partial charge >= 0.3 is 5.97 Å². The second-order valence-corrected chi connectivity index (χ2v) is 3.96. The summed E-state index contributed by atoms with van der Waals surface area (Å²) in [6, 6.07) is 6.19. The molecular formula is C11H12FNO2. The Morgan fingerprint density at radius 3 is 2.73 bits per heavy atom. The summed E-state index contributed by atoms with van der Waals surface area (Å²) in [6.07, 6.45) is 0.0451. The Bertz CT molecular complexity index is 388. The first kappa shape index (κ1) is 10.1. The van der Waals surface area contributed by atoms with Crippen molar-refractivity contribution in [3.63, 3.8) is 0 Å². The van der Waals surface area contributed by atoms with E-state index in [1.165, 1.54) is 12.1 Å². The van der Waals surface area contributed by atoms with Crippen LogP contribution in [-0.2, 0) is 10.2 Å². The molecule has 1 fully saturated rings. The summed E-state index contributed by atoms with van der Waals surface area (Å²) >= 11 is 0. The molecule has 0 amide bonds. The summed E-state index contributed by atoms with van der Waals surface area (Å²) in [5.74, 6) is -1.16. The van der Waals surface area contributed by atoms with E-state index in [9.17, 15) is 9.18 Å². The molecule has 4 heteroatoms. The van der Waals surface area contributed by atoms with Gasteiger partial charge in [0.05, 0.1) is 6.42 Å². The first-order valence-corrected chi connectivity index (χ1v) is 4.81. The largest absolute Gasteiger partial charge is 0.481 e. The van der Waals surface area contributed by atoms with Crippen LogP contribution in [-0.4, -0.2) is 24.2 Å². The Kier molecular flexibility index (Phi) is 2.44. The van der Waals surface area contributed by atoms with E-state index in [-0.39, 0.29) is 12.2 Å². The molecule has 1 aromatic carbocycles. The van der Waals surface area contributed by atoms with Crippen LogP contribution in [0.5, 0.6) is 0 Å². The summed E-state index contributed by atoms with van der Waals surface area (Å²) in [5, 5.41) is 11.9. The molecule has 1 saturated heterocycles. The van der Waals surface area contributed by atoms with Crippen LogP contribution in [0.25, 0.3) is 0 Å². The summed E-state index contributed by atoms with van der Waals surface area (Å²) in [5.41, 5.74) is 0.345. The van der Waals surface area contributed by atoms with Crippen molar-refractivity contribution in [2.45, 2.75) is 11.8 Å². The standard InChI is InChI=1S/C11H12FNO2/c12-9-3-1-2-8(4-9)11(5-10(14)15)6-13-7-11/h1-4,13H,5-7H2,(H,14,15). The Morgan fingerprint density at radius 2 is 2.27 bits per heavy atom. The van der Waals surface area contributed by atoms with Gasteiger partial charge in [-0.3, -0.25) is 4.79 Å². The van der Waals surface area contributed by atoms with Gasteiger partial charge in [0.2, 0.25) is 0 Å². The lowest BCUT2D eigenvalue weighted by atomic mass is 9.73. The fourth-order valence-corrected chi connectivity index (χ4v) is 1.97. The second kappa shape index (κ2) is 3.62. The number of carboxylic acids is 1. The predicted molar refractivity (Wildman–Crippen MR) is 53.2 cm³/mol. The van der Waals surface area contributed by atoms with E-state index in [1.807, 2.05) is 0 Å². The van der Waals surface area contributed by atoms with Crippen LogP contribution in [0.3, 0.4) is 0 Å². The maximum Gasteiger partial charge on any atom is 0.304 e. The maximum absolute atomic E-state index is 13.0. The number of rotatable bonds is 3. The van der Waals surface area contributed by atoms with Crippen LogP contribution in [0.2, 0.25) is 0 Å². The second-order valence-electron chi connectivity index (χ2n) is 3.96. The molecule has 0 spiro atoms. The normalized spacial score (nSPS) is 18.2. The molecule has 0 radical (unpaired) electrons. The minimum atomic E-state index is -0.847. The molecule has 1 aliphatic heterocycles. The van der Waals surface area contributed by atoms with Gasteiger partial charge in [-0.1, -0.05) is 12.1 Å². The van der Waals surface area contributed by atoms with Crippen LogP contribution in [0.4, 0.5) is 4.39 Å². The van der Waals surface area contributed by atoms with E-state index in [0.717, 1.165) is 5.56 Å². The lowest BCUT2D eigenvalue weighted by molar-refractivity contribution is -0.139. The first-order chi connectivity index (χ1) is 7.12. The number of hydrogen-bond acceptors (Lipinski definition) is 2. The van der Waals surface area contributed by atoms with Gasteiger partial charge in [0.1, 0.15) is 5.82 Å². The van der Waals surface area contributed by atoms with Gasteiger partial charge in [0.15, 0.2) is 0 Å². The Morgan fingerprint density at radius 1 is 1.53 bits per heavy atom. The monoisotopic (exact) mass is 209 g/mol. The highest BCUT2D eigenvalue weighted by Gasteiger charge is 2.40. The van der Waals surface area contributed by atoms with Crippen molar-refractivity contribution in [3.05, 3.63) is 35.6 Å². The van der Waals surface area contributed by atoms with Crippen LogP contribution in [0, 0.1) is 5.82 Å². The van der Waals surface area contributed by atoms with Crippen molar-refractivity contribution in [3.8, 4) is 0 Å². The number of nitrogens with one attached hydrogen (secondary N) is 1. The van der Waals surface area contributed by atoms with Crippen molar-refractivity contribution in [1.82, 2.24) is 5.32 Å². The van der Waals surface area contributed by atoms with Crippen molar-refractivity contribution in [1.29, 1.82) is 0 Å². The molecule has 0 aliphatic carbocycles. The van der Waals surface area contributed by atoms with Crippen LogP contribution in [0.15, 0.2) is 24.3 Å². The zero-order chi connectivity index (χ0) is 10.9. The molecule has 0 saturated carbocycles. The number of aliphatic carboxylic acids is 1. The van der Waals surface area contributed by atoms with Crippen LogP contribution < -0.4 is 5.32 Å². The fraction of sp³-hybridized carbons (Fsp3) is 0.364. The first-order valence-electron chi connectivity index (χ1n) is 4.81. The minimum absolute atomic E-state index is 0.0451. The third-order valence-electron chi connectivity index (χ3n) is 2.85. The lowest BCUT2D eigenvalue weighted by Gasteiger charge is -2.42. The molecule has 2 N–H and O–H groups in total. The van der Waals surface area contributed by atoms with Gasteiger partial charge in [-0.05, 0) is 17.7 Å². The quantitative estimate of drug-likeness (QED) is 0.784. The molecule has 80 valence electrons. The van der Waals surface area contributed by atoms with E-state index in [0.29, 0.717) is 13.1 Å². The zero-order valence-corrected chi connectivity index (χ0v) is 8.16. The average molecular weight is 209 g/mol. The Balaban J connectivity index is 2.29. The molecule has 0 unspecified atom stereocenters. The topological polar surface area (TPSA) is 49.3 Å². The maximum atomic E-state index is 13.0. The minimum Gasteiger partial charge on any atom is -0.481 e. The highest BCUT2D eigenvalue weighted by atomic mass is 19.1. The SMILES string of the molecule is O=C(O)CC1(c2cccc(F)c2)CNC1. The van der Waals surface area contributed by atoms with Crippen molar-refractivity contribution in [2.24, 2.45) is 0 Å². The molecular weight excluding hydrogens is 197 g/mol. The number of benzene rings is 1. The smallest absolute Gasteiger partial charge is 0.304 e. The summed E-state index contributed by atoms with van der Waals surface area (Å²) in [6.45, 7) is 1.20. The molecule has 2 rings (SSSR count). The molecule has 15 heavy (non-hydrogen) atoms. The molecule has 0 aromatic heterocycles. The predicted octanol–water partition coefficient (Wildman–Crippen LogP) is 1.14. The summed E-state index contributed by atoms with van der Waals surface area (Å²) in [7, 11) is 0. The Hall–Kier alpha value is -1.42. The van der Waals surface area contributed by atoms with E-state index in [1.54, 1.807) is 12.1 Å². The van der Waals surface area contributed by atoms with Crippen molar-refractivity contribution < 1.29 is 14.3 Å². The number of carbonyl (C=O) groups is 1. The molecule has 1 heterocycles. The average Bonchev–Trinajstić information content (AvgIpc) is 2.11. The number of carboxylic acid groups (broad SMARTS) is 1. The molecule has 0 bridgehead atoms. The third kappa shape index (κ3) is 1.85. The van der Waals surface area contributed by atoms with E-state index >= 15 is 0 Å². The van der Waals surface area contributed by atoms with E-state index in [4.69, 9.17) is 5.11 Å². The van der Waals surface area contributed by atoms with Gasteiger partial charge < -0.3 is 10.4 Å². The summed E-state index contributed by atoms with van der Waals surface area (Å²) < 4.78 is 13.0. The van der Waals surface area contributed by atoms with Crippen LogP contribution in [0.1, 0.15) is 12.0 Å². The number of halogens is 1. The summed E-state index contributed by atoms with van der Waals surface area (Å²) in [4.78, 5) is 10.7. The van der Waals surface area contributed by atoms with Gasteiger partial charge in [-0.25, -0.2) is 4.39 Å². The van der Waals surface area contributed by atoms with Gasteiger partial charge in [0, 0.05) is 18.5 Å². The molecule has 1 aliphatic rings.